The topological polar surface area (TPSA) is 35.5 Å². The monoisotopic (exact) mass is 212 g/mol. The molecule has 1 unspecified atom stereocenters. The Morgan fingerprint density at radius 2 is 2.00 bits per heavy atom. The average molecular weight is 212 g/mol. The molecule has 86 valence electrons. The molecule has 1 aliphatic rings. The first-order valence-corrected chi connectivity index (χ1v) is 5.53. The lowest BCUT2D eigenvalue weighted by atomic mass is 9.78. The van der Waals surface area contributed by atoms with Crippen LogP contribution in [-0.2, 0) is 9.47 Å². The highest BCUT2D eigenvalue weighted by molar-refractivity contribution is 5.60. The third-order valence-corrected chi connectivity index (χ3v) is 3.29. The standard InChI is InChI=1S/C12H20O3/c1-4-12(2,15-11(13)14-3)10-8-6-5-7-9-10/h4,10H,1,5-9H2,2-3H3. The van der Waals surface area contributed by atoms with Gasteiger partial charge in [-0.3, -0.25) is 0 Å². The summed E-state index contributed by atoms with van der Waals surface area (Å²) in [5.74, 6) is 0.378. The van der Waals surface area contributed by atoms with Gasteiger partial charge in [0, 0.05) is 5.92 Å². The first-order chi connectivity index (χ1) is 7.12. The lowest BCUT2D eigenvalue weighted by molar-refractivity contribution is -0.0307. The molecular weight excluding hydrogens is 192 g/mol. The molecule has 3 heteroatoms. The molecule has 1 fully saturated rings. The Balaban J connectivity index is 2.64. The van der Waals surface area contributed by atoms with Crippen molar-refractivity contribution in [2.45, 2.75) is 44.6 Å². The van der Waals surface area contributed by atoms with Crippen molar-refractivity contribution >= 4 is 6.16 Å². The summed E-state index contributed by atoms with van der Waals surface area (Å²) in [7, 11) is 1.33. The Morgan fingerprint density at radius 1 is 1.40 bits per heavy atom. The maximum atomic E-state index is 11.1. The SMILES string of the molecule is C=CC(C)(OC(=O)OC)C1CCCCC1. The normalized spacial score (nSPS) is 21.5. The molecule has 0 aromatic heterocycles. The second-order valence-electron chi connectivity index (χ2n) is 4.28. The maximum absolute atomic E-state index is 11.1. The molecule has 1 aliphatic carbocycles. The van der Waals surface area contributed by atoms with Crippen LogP contribution in [0, 0.1) is 5.92 Å². The van der Waals surface area contributed by atoms with Crippen molar-refractivity contribution in [3.8, 4) is 0 Å². The lowest BCUT2D eigenvalue weighted by Gasteiger charge is -2.36. The van der Waals surface area contributed by atoms with Crippen LogP contribution in [0.3, 0.4) is 0 Å². The van der Waals surface area contributed by atoms with Crippen molar-refractivity contribution in [1.29, 1.82) is 0 Å². The predicted octanol–water partition coefficient (Wildman–Crippen LogP) is 3.29. The van der Waals surface area contributed by atoms with Gasteiger partial charge >= 0.3 is 6.16 Å². The minimum atomic E-state index is -0.622. The van der Waals surface area contributed by atoms with Gasteiger partial charge in [0.1, 0.15) is 5.60 Å². The molecule has 0 spiro atoms. The first kappa shape index (κ1) is 12.1. The van der Waals surface area contributed by atoms with E-state index in [1.54, 1.807) is 6.08 Å². The Morgan fingerprint density at radius 3 is 2.47 bits per heavy atom. The molecule has 0 aromatic carbocycles. The zero-order chi connectivity index (χ0) is 11.3. The Bertz CT molecular complexity index is 231. The fraction of sp³-hybridized carbons (Fsp3) is 0.750. The molecule has 3 nitrogen and oxygen atoms in total. The number of methoxy groups -OCH3 is 1. The van der Waals surface area contributed by atoms with E-state index < -0.39 is 11.8 Å². The maximum Gasteiger partial charge on any atom is 0.508 e. The van der Waals surface area contributed by atoms with Crippen LogP contribution in [0.25, 0.3) is 0 Å². The van der Waals surface area contributed by atoms with E-state index in [0.29, 0.717) is 5.92 Å². The van der Waals surface area contributed by atoms with Crippen molar-refractivity contribution in [3.05, 3.63) is 12.7 Å². The van der Waals surface area contributed by atoms with Gasteiger partial charge in [0.2, 0.25) is 0 Å². The number of rotatable bonds is 3. The summed E-state index contributed by atoms with van der Waals surface area (Å²) in [4.78, 5) is 11.1. The Kier molecular flexibility index (Phi) is 4.18. The molecule has 0 aromatic rings. The fourth-order valence-corrected chi connectivity index (χ4v) is 2.19. The summed E-state index contributed by atoms with van der Waals surface area (Å²) >= 11 is 0. The highest BCUT2D eigenvalue weighted by atomic mass is 16.7. The minimum Gasteiger partial charge on any atom is -0.438 e. The van der Waals surface area contributed by atoms with Gasteiger partial charge in [-0.25, -0.2) is 4.79 Å². The zero-order valence-corrected chi connectivity index (χ0v) is 9.62. The number of carbonyl (C=O) groups is 1. The summed E-state index contributed by atoms with van der Waals surface area (Å²) < 4.78 is 9.83. The quantitative estimate of drug-likeness (QED) is 0.532. The van der Waals surface area contributed by atoms with E-state index in [1.807, 2.05) is 6.92 Å². The van der Waals surface area contributed by atoms with Crippen LogP contribution >= 0.6 is 0 Å². The summed E-state index contributed by atoms with van der Waals surface area (Å²) in [6, 6.07) is 0. The molecule has 0 heterocycles. The molecule has 0 saturated heterocycles. The van der Waals surface area contributed by atoms with Crippen LogP contribution in [0.2, 0.25) is 0 Å². The highest BCUT2D eigenvalue weighted by Crippen LogP contribution is 2.35. The van der Waals surface area contributed by atoms with Gasteiger partial charge in [0.05, 0.1) is 7.11 Å². The van der Waals surface area contributed by atoms with E-state index in [1.165, 1.54) is 26.4 Å². The minimum absolute atomic E-state index is 0.378. The van der Waals surface area contributed by atoms with Gasteiger partial charge in [0.25, 0.3) is 0 Å². The van der Waals surface area contributed by atoms with Crippen LogP contribution in [0.4, 0.5) is 4.79 Å². The van der Waals surface area contributed by atoms with E-state index in [0.717, 1.165) is 12.8 Å². The molecule has 1 rings (SSSR count). The third-order valence-electron chi connectivity index (χ3n) is 3.29. The molecule has 0 amide bonds. The number of hydrogen-bond acceptors (Lipinski definition) is 3. The molecule has 0 bridgehead atoms. The second-order valence-corrected chi connectivity index (χ2v) is 4.28. The molecule has 1 saturated carbocycles. The molecule has 0 radical (unpaired) electrons. The van der Waals surface area contributed by atoms with Gasteiger partial charge in [-0.15, -0.1) is 0 Å². The number of carbonyl (C=O) groups excluding carboxylic acids is 1. The van der Waals surface area contributed by atoms with Crippen molar-refractivity contribution in [2.24, 2.45) is 5.92 Å². The van der Waals surface area contributed by atoms with E-state index in [-0.39, 0.29) is 0 Å². The largest absolute Gasteiger partial charge is 0.508 e. The van der Waals surface area contributed by atoms with Gasteiger partial charge < -0.3 is 9.47 Å². The van der Waals surface area contributed by atoms with Crippen LogP contribution in [0.5, 0.6) is 0 Å². The lowest BCUT2D eigenvalue weighted by Crippen LogP contribution is -2.38. The van der Waals surface area contributed by atoms with Crippen LogP contribution < -0.4 is 0 Å². The van der Waals surface area contributed by atoms with E-state index in [9.17, 15) is 4.79 Å². The zero-order valence-electron chi connectivity index (χ0n) is 9.62. The molecule has 15 heavy (non-hydrogen) atoms. The summed E-state index contributed by atoms with van der Waals surface area (Å²) in [5.41, 5.74) is -0.576. The molecular formula is C12H20O3. The Labute approximate surface area is 91.4 Å². The predicted molar refractivity (Wildman–Crippen MR) is 58.7 cm³/mol. The van der Waals surface area contributed by atoms with E-state index >= 15 is 0 Å². The van der Waals surface area contributed by atoms with Crippen LogP contribution in [-0.4, -0.2) is 18.9 Å². The van der Waals surface area contributed by atoms with Gasteiger partial charge in [-0.2, -0.15) is 0 Å². The first-order valence-electron chi connectivity index (χ1n) is 5.53. The summed E-state index contributed by atoms with van der Waals surface area (Å²) in [6.07, 6.45) is 6.99. The smallest absolute Gasteiger partial charge is 0.438 e. The van der Waals surface area contributed by atoms with Crippen molar-refractivity contribution < 1.29 is 14.3 Å². The Hall–Kier alpha value is -0.990. The van der Waals surface area contributed by atoms with E-state index in [2.05, 4.69) is 11.3 Å². The van der Waals surface area contributed by atoms with Gasteiger partial charge in [0.15, 0.2) is 0 Å². The van der Waals surface area contributed by atoms with Gasteiger partial charge in [-0.1, -0.05) is 25.8 Å². The second kappa shape index (κ2) is 5.19. The number of hydrogen-bond donors (Lipinski definition) is 0. The fourth-order valence-electron chi connectivity index (χ4n) is 2.19. The number of ether oxygens (including phenoxy) is 2. The van der Waals surface area contributed by atoms with Crippen molar-refractivity contribution in [2.75, 3.05) is 7.11 Å². The van der Waals surface area contributed by atoms with Crippen LogP contribution in [0.15, 0.2) is 12.7 Å². The van der Waals surface area contributed by atoms with E-state index in [4.69, 9.17) is 4.74 Å². The summed E-state index contributed by atoms with van der Waals surface area (Å²) in [5, 5.41) is 0. The average Bonchev–Trinajstić information content (AvgIpc) is 2.30. The van der Waals surface area contributed by atoms with Crippen molar-refractivity contribution in [1.82, 2.24) is 0 Å². The molecule has 0 aliphatic heterocycles. The van der Waals surface area contributed by atoms with Gasteiger partial charge in [-0.05, 0) is 25.8 Å². The molecule has 0 N–H and O–H groups in total. The third kappa shape index (κ3) is 2.98. The summed E-state index contributed by atoms with van der Waals surface area (Å²) in [6.45, 7) is 5.67. The van der Waals surface area contributed by atoms with Crippen LogP contribution in [0.1, 0.15) is 39.0 Å². The van der Waals surface area contributed by atoms with Crippen molar-refractivity contribution in [3.63, 3.8) is 0 Å². The molecule has 1 atom stereocenters. The highest BCUT2D eigenvalue weighted by Gasteiger charge is 2.36.